The topological polar surface area (TPSA) is 214 Å². The summed E-state index contributed by atoms with van der Waals surface area (Å²) in [7, 11) is 3.27. The Morgan fingerprint density at radius 2 is 1.27 bits per heavy atom. The van der Waals surface area contributed by atoms with Gasteiger partial charge in [-0.15, -0.1) is 0 Å². The lowest BCUT2D eigenvalue weighted by Gasteiger charge is -2.38. The van der Waals surface area contributed by atoms with Gasteiger partial charge in [-0.05, 0) is 82.1 Å². The molecule has 0 unspecified atom stereocenters. The molecule has 0 radical (unpaired) electrons. The summed E-state index contributed by atoms with van der Waals surface area (Å²) in [5, 5.41) is 22.0. The van der Waals surface area contributed by atoms with Crippen molar-refractivity contribution in [2.75, 3.05) is 27.8 Å². The number of aliphatic hydroxyl groups is 1. The zero-order chi connectivity index (χ0) is 59.2. The number of hydrogen-bond acceptors (Lipinski definition) is 11. The third kappa shape index (κ3) is 14.3. The Morgan fingerprint density at radius 1 is 0.750 bits per heavy atom. The lowest BCUT2D eigenvalue weighted by atomic mass is 9.82. The van der Waals surface area contributed by atoms with Crippen LogP contribution in [0.1, 0.15) is 62.3 Å². The molecule has 4 atom stereocenters. The summed E-state index contributed by atoms with van der Waals surface area (Å²) in [6.07, 6.45) is -13.5. The van der Waals surface area contributed by atoms with E-state index in [2.05, 4.69) is 36.7 Å². The molecular formula is C52H54F10N10O8. The number of aliphatic hydroxyl groups excluding tert-OH is 1. The van der Waals surface area contributed by atoms with Crippen LogP contribution in [0.25, 0.3) is 22.5 Å². The van der Waals surface area contributed by atoms with Crippen molar-refractivity contribution in [1.29, 1.82) is 0 Å². The number of alkyl carbamates (subject to hydrolysis) is 2. The molecule has 1 aliphatic heterocycles. The number of amides is 5. The second-order valence-electron chi connectivity index (χ2n) is 19.6. The van der Waals surface area contributed by atoms with Crippen molar-refractivity contribution in [2.45, 2.75) is 96.9 Å². The number of carbonyl (C=O) groups excluding carboxylic acids is 5. The molecule has 0 saturated heterocycles. The van der Waals surface area contributed by atoms with Crippen LogP contribution in [-0.2, 0) is 49.9 Å². The summed E-state index contributed by atoms with van der Waals surface area (Å²) in [6, 6.07) is 8.51. The molecule has 0 bridgehead atoms. The largest absolute Gasteiger partial charge is 0.453 e. The van der Waals surface area contributed by atoms with Crippen LogP contribution in [0, 0.1) is 34.3 Å². The minimum absolute atomic E-state index is 0.0520. The number of nitrogens with one attached hydrogen (secondary N) is 4. The first-order valence-corrected chi connectivity index (χ1v) is 24.0. The van der Waals surface area contributed by atoms with Crippen LogP contribution in [0.2, 0.25) is 0 Å². The van der Waals surface area contributed by atoms with E-state index in [1.165, 1.54) is 24.3 Å². The first-order chi connectivity index (χ1) is 37.3. The number of nitrogens with zero attached hydrogens (tertiary/aromatic N) is 6. The van der Waals surface area contributed by atoms with Crippen LogP contribution in [0.3, 0.4) is 0 Å². The Morgan fingerprint density at radius 3 is 1.77 bits per heavy atom. The number of alkyl halides is 8. The van der Waals surface area contributed by atoms with Gasteiger partial charge in [-0.2, -0.15) is 40.2 Å². The molecule has 430 valence electrons. The third-order valence-corrected chi connectivity index (χ3v) is 13.3. The summed E-state index contributed by atoms with van der Waals surface area (Å²) in [5.41, 5.74) is -3.12. The minimum Gasteiger partial charge on any atom is -0.453 e. The van der Waals surface area contributed by atoms with Crippen LogP contribution in [0.5, 0.6) is 0 Å². The molecule has 3 heterocycles. The van der Waals surface area contributed by atoms with E-state index in [0.717, 1.165) is 37.9 Å². The minimum atomic E-state index is -5.24. The number of hydrazine groups is 1. The molecule has 2 aromatic heterocycles. The highest BCUT2D eigenvalue weighted by atomic mass is 19.4. The fraction of sp³-hybridized carbons (Fsp3) is 0.404. The van der Waals surface area contributed by atoms with E-state index in [1.807, 2.05) is 10.7 Å². The molecule has 5 aromatic rings. The number of carbonyl (C=O) groups is 5. The molecule has 5 amide bonds. The summed E-state index contributed by atoms with van der Waals surface area (Å²) in [6.45, 7) is -2.69. The zero-order valence-electron chi connectivity index (χ0n) is 43.7. The normalized spacial score (nSPS) is 14.6. The Kier molecular flexibility index (Phi) is 18.6. The Balaban J connectivity index is 1.34. The van der Waals surface area contributed by atoms with Crippen molar-refractivity contribution in [3.8, 4) is 34.4 Å². The van der Waals surface area contributed by atoms with Gasteiger partial charge in [0.1, 0.15) is 36.1 Å². The summed E-state index contributed by atoms with van der Waals surface area (Å²) in [4.78, 5) is 71.2. The number of hydrogen-bond donors (Lipinski definition) is 5. The predicted octanol–water partition coefficient (Wildman–Crippen LogP) is 7.01. The number of methoxy groups -OCH3 is 2. The molecule has 18 nitrogen and oxygen atoms in total. The monoisotopic (exact) mass is 1140 g/mol. The number of imidazole rings is 1. The Hall–Kier alpha value is -8.19. The van der Waals surface area contributed by atoms with Crippen LogP contribution in [0.15, 0.2) is 79.1 Å². The molecule has 6 rings (SSSR count). The zero-order valence-corrected chi connectivity index (χ0v) is 43.7. The number of ether oxygens (including phenoxy) is 2. The Bertz CT molecular complexity index is 3110. The first kappa shape index (κ1) is 61.0. The van der Waals surface area contributed by atoms with E-state index in [9.17, 15) is 64.2 Å². The quantitative estimate of drug-likeness (QED) is 0.0342. The number of aromatic nitrogens is 4. The van der Waals surface area contributed by atoms with Crippen LogP contribution in [0.4, 0.5) is 53.5 Å². The van der Waals surface area contributed by atoms with E-state index in [1.54, 1.807) is 52.3 Å². The second-order valence-corrected chi connectivity index (χ2v) is 19.6. The highest BCUT2D eigenvalue weighted by Gasteiger charge is 2.57. The molecule has 0 fully saturated rings. The highest BCUT2D eigenvalue weighted by Crippen LogP contribution is 2.42. The SMILES string of the molecule is COC(=O)N[C@H](C(=O)N[C@@H](Cc1ccc(C#Cc2ccc(-c3cn4c(n3)CN(C)C(=O)C4)cc2)cc1)[C@@H](O)CN(Cc1c(F)cc(-c2ccn(C(F)F)n2)cc1F)NC(=O)[C@@H](NC(=O)OC)C(C)(C)C(F)(F)F)C(C)(C)C(F)(F)F. The van der Waals surface area contributed by atoms with Gasteiger partial charge in [-0.25, -0.2) is 33.0 Å². The van der Waals surface area contributed by atoms with Crippen molar-refractivity contribution >= 4 is 29.9 Å². The maximum Gasteiger partial charge on any atom is 0.407 e. The third-order valence-electron chi connectivity index (χ3n) is 13.3. The van der Waals surface area contributed by atoms with E-state index in [-0.39, 0.29) is 34.0 Å². The van der Waals surface area contributed by atoms with Gasteiger partial charge in [0, 0.05) is 60.3 Å². The van der Waals surface area contributed by atoms with Crippen LogP contribution >= 0.6 is 0 Å². The average Bonchev–Trinajstić information content (AvgIpc) is 4.06. The molecular weight excluding hydrogens is 1080 g/mol. The summed E-state index contributed by atoms with van der Waals surface area (Å²) < 4.78 is 157. The molecule has 0 aliphatic carbocycles. The fourth-order valence-corrected chi connectivity index (χ4v) is 8.06. The second kappa shape index (κ2) is 24.4. The molecule has 1 aliphatic rings. The standard InChI is InChI=1S/C52H54F10N10O8/c1-49(2,51(57,58)59)42(65-47(77)79-6)44(75)64-37(20-30-12-10-28(11-13-30)8-9-29-14-16-31(17-15-29)38-24-70-27-41(74)69(5)26-40(70)63-38)39(73)25-71(68-45(76)43(66-48(78)80-7)50(3,4)52(60,61)62)23-33-34(53)21-32(22-35(33)54)36-18-19-72(67-36)46(55)56/h10-19,21-22,24,37,39,42-43,46,73H,20,23,25-27H2,1-7H3,(H,64,75)(H,65,77)(H,66,78)(H,68,76)/t37-,39-,42+,43+/m0/s1. The van der Waals surface area contributed by atoms with Gasteiger partial charge >= 0.3 is 31.1 Å². The maximum atomic E-state index is 16.0. The van der Waals surface area contributed by atoms with Crippen molar-refractivity contribution < 1.29 is 82.5 Å². The molecule has 3 aromatic carbocycles. The lowest BCUT2D eigenvalue weighted by Crippen LogP contribution is -2.63. The number of benzene rings is 3. The van der Waals surface area contributed by atoms with Crippen LogP contribution in [-0.4, -0.2) is 129 Å². The number of fused-ring (bicyclic) bond motifs is 1. The van der Waals surface area contributed by atoms with Gasteiger partial charge in [-0.3, -0.25) is 19.8 Å². The number of halogens is 10. The predicted molar refractivity (Wildman–Crippen MR) is 264 cm³/mol. The van der Waals surface area contributed by atoms with E-state index in [0.29, 0.717) is 68.2 Å². The fourth-order valence-electron chi connectivity index (χ4n) is 8.06. The van der Waals surface area contributed by atoms with E-state index < -0.39 is 115 Å². The van der Waals surface area contributed by atoms with Crippen LogP contribution < -0.4 is 21.4 Å². The maximum absolute atomic E-state index is 16.0. The van der Waals surface area contributed by atoms with Gasteiger partial charge in [0.25, 0.3) is 5.91 Å². The van der Waals surface area contributed by atoms with Crippen molar-refractivity contribution in [1.82, 2.24) is 50.6 Å². The van der Waals surface area contributed by atoms with Gasteiger partial charge in [-0.1, -0.05) is 36.1 Å². The lowest BCUT2D eigenvalue weighted by molar-refractivity contribution is -0.221. The van der Waals surface area contributed by atoms with Gasteiger partial charge in [0.2, 0.25) is 11.8 Å². The first-order valence-electron chi connectivity index (χ1n) is 24.0. The summed E-state index contributed by atoms with van der Waals surface area (Å²) in [5.74, 6) is 0.526. The van der Waals surface area contributed by atoms with Gasteiger partial charge in [0.05, 0.1) is 55.1 Å². The number of rotatable bonds is 18. The average molecular weight is 1140 g/mol. The van der Waals surface area contributed by atoms with Crippen molar-refractivity contribution in [3.63, 3.8) is 0 Å². The van der Waals surface area contributed by atoms with Gasteiger partial charge in [0.15, 0.2) is 0 Å². The molecule has 0 saturated carbocycles. The highest BCUT2D eigenvalue weighted by molar-refractivity contribution is 5.87. The smallest absolute Gasteiger partial charge is 0.407 e. The van der Waals surface area contributed by atoms with Crippen molar-refractivity contribution in [2.24, 2.45) is 10.8 Å². The molecule has 0 spiro atoms. The molecule has 5 N–H and O–H groups in total. The number of likely N-dealkylation sites (N-methyl/N-ethyl adjacent to an activating group) is 1. The van der Waals surface area contributed by atoms with E-state index in [4.69, 9.17) is 0 Å². The van der Waals surface area contributed by atoms with E-state index >= 15 is 8.78 Å². The molecule has 28 heteroatoms. The molecule has 80 heavy (non-hydrogen) atoms. The Labute approximate surface area is 450 Å². The summed E-state index contributed by atoms with van der Waals surface area (Å²) >= 11 is 0. The van der Waals surface area contributed by atoms with Gasteiger partial charge < -0.3 is 40.0 Å². The van der Waals surface area contributed by atoms with Crippen molar-refractivity contribution in [3.05, 3.63) is 119 Å².